The number of rotatable bonds is 12. The van der Waals surface area contributed by atoms with Crippen LogP contribution >= 0.6 is 0 Å². The van der Waals surface area contributed by atoms with Gasteiger partial charge < -0.3 is 27.8 Å². The van der Waals surface area contributed by atoms with Crippen LogP contribution in [0.5, 0.6) is 0 Å². The molecule has 0 N–H and O–H groups in total. The van der Waals surface area contributed by atoms with E-state index >= 15 is 0 Å². The highest BCUT2D eigenvalue weighted by molar-refractivity contribution is 6.22. The number of nitrogens with zero attached hydrogens (tertiary/aromatic N) is 4. The fourth-order valence-corrected chi connectivity index (χ4v) is 23.6. The van der Waals surface area contributed by atoms with Crippen LogP contribution in [0.25, 0.3) is 209 Å². The molecule has 4 heterocycles. The Morgan fingerprint density at radius 3 is 0.917 bits per heavy atom. The molecule has 0 saturated heterocycles. The van der Waals surface area contributed by atoms with Gasteiger partial charge in [-0.1, -0.05) is 410 Å². The number of aromatic nitrogens is 2. The van der Waals surface area contributed by atoms with E-state index in [0.717, 1.165) is 145 Å². The average molecular weight is 1840 g/mol. The third-order valence-corrected chi connectivity index (χ3v) is 30.5. The number of anilines is 6. The number of furan rings is 2. The van der Waals surface area contributed by atoms with E-state index in [0.29, 0.717) is 0 Å². The van der Waals surface area contributed by atoms with E-state index in [2.05, 4.69) is 532 Å². The molecule has 0 bridgehead atoms. The van der Waals surface area contributed by atoms with Crippen LogP contribution in [-0.2, 0) is 10.8 Å². The zero-order valence-electron chi connectivity index (χ0n) is 80.1. The van der Waals surface area contributed by atoms with Crippen molar-refractivity contribution in [2.75, 3.05) is 9.80 Å². The standard InChI is InChI=1S/2C69H48N2O/c1-69(2)61-27-11-7-24-60(61)67-62(69)28-16-31-65(67)70(49-43-37-47(38-44-49)51-25-15-26-59-58-23-10-14-32-66(58)72-68(51)59)48-39-33-45(34-40-48)46-35-41-50(42-36-46)71-63-29-12-8-21-56(63)54-19-5-3-17-52(54)53-18-4-6-20-55(53)57-22-9-13-30-64(57)71;1-69(2)63-43-50(70(48-35-31-46(32-36-48)45-17-4-3-5-18-45)49-37-33-47(34-38-49)52-26-16-27-62-61-25-12-15-30-67(61)72-68(52)62)39-41-57(63)58-42-40-51(44-64(58)69)71-65-28-13-10-23-59(65)55-21-8-6-19-53(55)54-20-7-9-22-56(54)60-24-11-14-29-66(60)71/h2*3-44H,1-2H3. The van der Waals surface area contributed by atoms with Crippen LogP contribution in [0.2, 0.25) is 0 Å². The summed E-state index contributed by atoms with van der Waals surface area (Å²) in [6.07, 6.45) is 0. The number of hydrogen-bond acceptors (Lipinski definition) is 4. The number of fused-ring (bicyclic) bond motifs is 26. The van der Waals surface area contributed by atoms with Gasteiger partial charge in [0.05, 0.1) is 27.8 Å². The maximum atomic E-state index is 6.50. The second kappa shape index (κ2) is 34.3. The number of benzene rings is 22. The van der Waals surface area contributed by atoms with E-state index in [4.69, 9.17) is 8.83 Å². The monoisotopic (exact) mass is 1840 g/mol. The minimum atomic E-state index is -0.313. The van der Waals surface area contributed by atoms with E-state index in [-0.39, 0.29) is 10.8 Å². The van der Waals surface area contributed by atoms with Gasteiger partial charge in [-0.3, -0.25) is 0 Å². The lowest BCUT2D eigenvalue weighted by Crippen LogP contribution is -2.17. The van der Waals surface area contributed by atoms with Gasteiger partial charge in [-0.2, -0.15) is 0 Å². The molecule has 26 aromatic rings. The van der Waals surface area contributed by atoms with Gasteiger partial charge in [0.2, 0.25) is 0 Å². The van der Waals surface area contributed by atoms with Gasteiger partial charge in [-0.05, 0) is 243 Å². The molecule has 2 aliphatic carbocycles. The normalized spacial score (nSPS) is 12.7. The molecule has 0 unspecified atom stereocenters. The van der Waals surface area contributed by atoms with Crippen LogP contribution in [0.3, 0.4) is 0 Å². The average Bonchev–Trinajstić information content (AvgIpc) is 1.56. The molecule has 144 heavy (non-hydrogen) atoms. The minimum Gasteiger partial charge on any atom is -0.455 e. The summed E-state index contributed by atoms with van der Waals surface area (Å²) < 4.78 is 17.9. The van der Waals surface area contributed by atoms with Crippen molar-refractivity contribution >= 4 is 165 Å². The third-order valence-electron chi connectivity index (χ3n) is 30.5. The molecular weight excluding hydrogens is 1750 g/mol. The quantitative estimate of drug-likeness (QED) is 0.122. The minimum absolute atomic E-state index is 0.135. The molecular formula is C138H96N4O2. The zero-order valence-corrected chi connectivity index (χ0v) is 80.1. The summed E-state index contributed by atoms with van der Waals surface area (Å²) in [6, 6.07) is 186. The summed E-state index contributed by atoms with van der Waals surface area (Å²) in [5.41, 5.74) is 36.1. The summed E-state index contributed by atoms with van der Waals surface area (Å²) >= 11 is 0. The fraction of sp³-hybridized carbons (Fsp3) is 0.0435. The zero-order chi connectivity index (χ0) is 95.8. The van der Waals surface area contributed by atoms with Crippen molar-refractivity contribution in [3.05, 3.63) is 532 Å². The number of para-hydroxylation sites is 8. The largest absolute Gasteiger partial charge is 0.455 e. The predicted octanol–water partition coefficient (Wildman–Crippen LogP) is 38.4. The van der Waals surface area contributed by atoms with Crippen molar-refractivity contribution in [2.45, 2.75) is 38.5 Å². The van der Waals surface area contributed by atoms with Gasteiger partial charge >= 0.3 is 0 Å². The summed E-state index contributed by atoms with van der Waals surface area (Å²) in [7, 11) is 0. The molecule has 6 nitrogen and oxygen atoms in total. The highest BCUT2D eigenvalue weighted by atomic mass is 16.3. The summed E-state index contributed by atoms with van der Waals surface area (Å²) in [5.74, 6) is 0. The molecule has 0 saturated carbocycles. The highest BCUT2D eigenvalue weighted by Crippen LogP contribution is 2.57. The lowest BCUT2D eigenvalue weighted by molar-refractivity contribution is 0.660. The van der Waals surface area contributed by atoms with Crippen molar-refractivity contribution in [1.82, 2.24) is 9.13 Å². The van der Waals surface area contributed by atoms with Gasteiger partial charge in [0.25, 0.3) is 0 Å². The van der Waals surface area contributed by atoms with Crippen LogP contribution in [0.4, 0.5) is 34.1 Å². The van der Waals surface area contributed by atoms with E-state index in [9.17, 15) is 0 Å². The first-order valence-corrected chi connectivity index (χ1v) is 49.8. The van der Waals surface area contributed by atoms with E-state index in [1.54, 1.807) is 0 Å². The van der Waals surface area contributed by atoms with Crippen LogP contribution in [0.15, 0.2) is 518 Å². The fourth-order valence-electron chi connectivity index (χ4n) is 23.6. The first-order chi connectivity index (χ1) is 71.0. The molecule has 6 heteroatoms. The molecule has 4 aromatic heterocycles. The molecule has 680 valence electrons. The van der Waals surface area contributed by atoms with Gasteiger partial charge in [0, 0.05) is 110 Å². The molecule has 2 aliphatic rings. The van der Waals surface area contributed by atoms with Gasteiger partial charge in [-0.25, -0.2) is 0 Å². The van der Waals surface area contributed by atoms with Crippen molar-refractivity contribution in [3.8, 4) is 78.1 Å². The third kappa shape index (κ3) is 14.0. The van der Waals surface area contributed by atoms with Crippen molar-refractivity contribution in [3.63, 3.8) is 0 Å². The molecule has 0 fully saturated rings. The Hall–Kier alpha value is -18.4. The Balaban J connectivity index is 0.000000143. The first-order valence-electron chi connectivity index (χ1n) is 49.8. The van der Waals surface area contributed by atoms with Crippen LogP contribution < -0.4 is 9.80 Å². The molecule has 0 aliphatic heterocycles. The Morgan fingerprint density at radius 2 is 0.472 bits per heavy atom. The molecule has 0 amide bonds. The van der Waals surface area contributed by atoms with Crippen LogP contribution in [0.1, 0.15) is 49.9 Å². The van der Waals surface area contributed by atoms with E-state index in [1.165, 1.54) is 120 Å². The summed E-state index contributed by atoms with van der Waals surface area (Å²) in [6.45, 7) is 9.49. The smallest absolute Gasteiger partial charge is 0.143 e. The van der Waals surface area contributed by atoms with Gasteiger partial charge in [0.15, 0.2) is 0 Å². The second-order valence-corrected chi connectivity index (χ2v) is 39.2. The van der Waals surface area contributed by atoms with E-state index in [1.807, 2.05) is 24.3 Å². The van der Waals surface area contributed by atoms with Gasteiger partial charge in [-0.15, -0.1) is 0 Å². The summed E-state index contributed by atoms with van der Waals surface area (Å²) in [5, 5.41) is 19.1. The topological polar surface area (TPSA) is 42.6 Å². The summed E-state index contributed by atoms with van der Waals surface area (Å²) in [4.78, 5) is 4.84. The molecule has 22 aromatic carbocycles. The molecule has 28 rings (SSSR count). The lowest BCUT2D eigenvalue weighted by Gasteiger charge is -2.29. The molecule has 0 spiro atoms. The Kier molecular flexibility index (Phi) is 20.2. The van der Waals surface area contributed by atoms with Crippen LogP contribution in [-0.4, -0.2) is 9.13 Å². The maximum absolute atomic E-state index is 6.50. The Bertz CT molecular complexity index is 9620. The van der Waals surface area contributed by atoms with E-state index < -0.39 is 0 Å². The molecule has 0 radical (unpaired) electrons. The van der Waals surface area contributed by atoms with Crippen molar-refractivity contribution in [2.24, 2.45) is 0 Å². The van der Waals surface area contributed by atoms with Crippen molar-refractivity contribution in [1.29, 1.82) is 0 Å². The second-order valence-electron chi connectivity index (χ2n) is 39.2. The molecule has 0 atom stereocenters. The highest BCUT2D eigenvalue weighted by Gasteiger charge is 2.40. The number of hydrogen-bond donors (Lipinski definition) is 0. The maximum Gasteiger partial charge on any atom is 0.143 e. The Morgan fingerprint density at radius 1 is 0.181 bits per heavy atom. The van der Waals surface area contributed by atoms with Crippen LogP contribution in [0, 0.1) is 0 Å². The van der Waals surface area contributed by atoms with Crippen molar-refractivity contribution < 1.29 is 8.83 Å². The predicted molar refractivity (Wildman–Crippen MR) is 608 cm³/mol. The first kappa shape index (κ1) is 84.9. The van der Waals surface area contributed by atoms with Gasteiger partial charge in [0.1, 0.15) is 22.3 Å². The SMILES string of the molecule is CC1(C)c2cc(N(c3ccc(-c4ccccc4)cc3)c3ccc(-c4cccc5c4oc4ccccc45)cc3)ccc2-c2ccc(-n3c4ccccc4c4ccccc4c4ccccc4c4ccccc43)cc21.CC1(C)c2ccccc2-c2c(N(c3ccc(-c4ccc(-n5c6ccccc6c6ccccc6c6ccccc6c6ccccc65)cc4)cc3)c3ccc(-c4cccc5c4oc4ccccc45)cc3)cccc21. The Labute approximate surface area is 835 Å². The lowest BCUT2D eigenvalue weighted by atomic mass is 9.82.